The van der Waals surface area contributed by atoms with Gasteiger partial charge in [-0.15, -0.1) is 0 Å². The molecule has 0 aliphatic rings. The van der Waals surface area contributed by atoms with E-state index in [-0.39, 0.29) is 6.04 Å². The zero-order chi connectivity index (χ0) is 11.7. The van der Waals surface area contributed by atoms with Crippen LogP contribution in [0.4, 0.5) is 0 Å². The van der Waals surface area contributed by atoms with E-state index in [9.17, 15) is 0 Å². The van der Waals surface area contributed by atoms with Gasteiger partial charge in [-0.2, -0.15) is 0 Å². The van der Waals surface area contributed by atoms with Gasteiger partial charge in [0, 0.05) is 5.56 Å². The van der Waals surface area contributed by atoms with Crippen LogP contribution < -0.4 is 5.73 Å². The molecule has 0 bridgehead atoms. The number of hydrogen-bond acceptors (Lipinski definition) is 3. The van der Waals surface area contributed by atoms with Crippen molar-refractivity contribution in [1.29, 1.82) is 0 Å². The molecule has 16 heavy (non-hydrogen) atoms. The van der Waals surface area contributed by atoms with Crippen molar-refractivity contribution in [1.82, 2.24) is 4.98 Å². The molecule has 84 valence electrons. The molecule has 1 unspecified atom stereocenters. The van der Waals surface area contributed by atoms with Gasteiger partial charge in [-0.3, -0.25) is 0 Å². The molecule has 0 aliphatic heterocycles. The number of oxazole rings is 1. The first kappa shape index (κ1) is 10.9. The number of nitrogens with two attached hydrogens (primary N) is 1. The van der Waals surface area contributed by atoms with Crippen molar-refractivity contribution >= 4 is 0 Å². The van der Waals surface area contributed by atoms with Crippen LogP contribution >= 0.6 is 0 Å². The lowest BCUT2D eigenvalue weighted by Gasteiger charge is -2.05. The summed E-state index contributed by atoms with van der Waals surface area (Å²) in [4.78, 5) is 4.18. The molecule has 1 atom stereocenters. The predicted molar refractivity (Wildman–Crippen MR) is 64.0 cm³/mol. The van der Waals surface area contributed by atoms with E-state index in [1.165, 1.54) is 11.1 Å². The first-order valence-electron chi connectivity index (χ1n) is 5.37. The topological polar surface area (TPSA) is 52.0 Å². The third kappa shape index (κ3) is 1.86. The van der Waals surface area contributed by atoms with E-state index >= 15 is 0 Å². The van der Waals surface area contributed by atoms with Crippen LogP contribution in [0.2, 0.25) is 0 Å². The second-order valence-electron chi connectivity index (χ2n) is 4.12. The first-order chi connectivity index (χ1) is 7.59. The molecule has 0 fully saturated rings. The molecule has 1 aromatic heterocycles. The molecule has 3 heteroatoms. The van der Waals surface area contributed by atoms with Gasteiger partial charge in [-0.05, 0) is 31.9 Å². The van der Waals surface area contributed by atoms with Crippen molar-refractivity contribution in [2.75, 3.05) is 0 Å². The number of nitrogens with zero attached hydrogens (tertiary/aromatic N) is 1. The van der Waals surface area contributed by atoms with E-state index in [2.05, 4.69) is 31.0 Å². The summed E-state index contributed by atoms with van der Waals surface area (Å²) in [5.41, 5.74) is 9.21. The molecule has 0 amide bonds. The highest BCUT2D eigenvalue weighted by Gasteiger charge is 2.12. The van der Waals surface area contributed by atoms with Gasteiger partial charge < -0.3 is 10.2 Å². The standard InChI is InChI=1S/C13H16N2O/c1-8-5-4-6-9(2)12(8)11-7-15-13(16-11)10(3)14/h4-7,10H,14H2,1-3H3. The Balaban J connectivity index is 2.50. The van der Waals surface area contributed by atoms with E-state index in [4.69, 9.17) is 10.2 Å². The summed E-state index contributed by atoms with van der Waals surface area (Å²) in [7, 11) is 0. The van der Waals surface area contributed by atoms with E-state index in [1.807, 2.05) is 13.0 Å². The van der Waals surface area contributed by atoms with Crippen molar-refractivity contribution in [2.24, 2.45) is 5.73 Å². The average molecular weight is 216 g/mol. The van der Waals surface area contributed by atoms with Crippen molar-refractivity contribution in [2.45, 2.75) is 26.8 Å². The number of rotatable bonds is 2. The van der Waals surface area contributed by atoms with Gasteiger partial charge in [0.2, 0.25) is 5.89 Å². The van der Waals surface area contributed by atoms with Crippen LogP contribution in [-0.4, -0.2) is 4.98 Å². The minimum Gasteiger partial charge on any atom is -0.439 e. The van der Waals surface area contributed by atoms with Crippen LogP contribution in [0.5, 0.6) is 0 Å². The molecule has 0 saturated heterocycles. The van der Waals surface area contributed by atoms with Crippen LogP contribution in [-0.2, 0) is 0 Å². The van der Waals surface area contributed by atoms with Gasteiger partial charge in [0.05, 0.1) is 12.2 Å². The van der Waals surface area contributed by atoms with Gasteiger partial charge in [0.25, 0.3) is 0 Å². The molecule has 3 nitrogen and oxygen atoms in total. The lowest BCUT2D eigenvalue weighted by Crippen LogP contribution is -2.04. The monoisotopic (exact) mass is 216 g/mol. The maximum Gasteiger partial charge on any atom is 0.211 e. The Hall–Kier alpha value is -1.61. The highest BCUT2D eigenvalue weighted by molar-refractivity contribution is 5.65. The maximum absolute atomic E-state index is 5.72. The summed E-state index contributed by atoms with van der Waals surface area (Å²) >= 11 is 0. The van der Waals surface area contributed by atoms with E-state index in [0.29, 0.717) is 5.89 Å². The molecule has 1 heterocycles. The molecule has 0 aliphatic carbocycles. The maximum atomic E-state index is 5.72. The summed E-state index contributed by atoms with van der Waals surface area (Å²) < 4.78 is 5.66. The lowest BCUT2D eigenvalue weighted by molar-refractivity contribution is 0.473. The smallest absolute Gasteiger partial charge is 0.211 e. The highest BCUT2D eigenvalue weighted by Crippen LogP contribution is 2.28. The molecule has 0 spiro atoms. The fourth-order valence-corrected chi connectivity index (χ4v) is 1.82. The van der Waals surface area contributed by atoms with E-state index < -0.39 is 0 Å². The normalized spacial score (nSPS) is 12.8. The Morgan fingerprint density at radius 1 is 1.25 bits per heavy atom. The minimum absolute atomic E-state index is 0.168. The summed E-state index contributed by atoms with van der Waals surface area (Å²) in [5.74, 6) is 1.38. The second-order valence-corrected chi connectivity index (χ2v) is 4.12. The Morgan fingerprint density at radius 3 is 2.38 bits per heavy atom. The highest BCUT2D eigenvalue weighted by atomic mass is 16.4. The van der Waals surface area contributed by atoms with Crippen molar-refractivity contribution in [3.05, 3.63) is 41.4 Å². The molecular weight excluding hydrogens is 200 g/mol. The Labute approximate surface area is 95.3 Å². The van der Waals surface area contributed by atoms with Crippen molar-refractivity contribution in [3.63, 3.8) is 0 Å². The summed E-state index contributed by atoms with van der Waals surface area (Å²) in [6.45, 7) is 5.99. The Bertz CT molecular complexity index is 480. The fourth-order valence-electron chi connectivity index (χ4n) is 1.82. The van der Waals surface area contributed by atoms with Crippen LogP contribution in [0.15, 0.2) is 28.8 Å². The van der Waals surface area contributed by atoms with Gasteiger partial charge in [0.1, 0.15) is 0 Å². The summed E-state index contributed by atoms with van der Waals surface area (Å²) in [5, 5.41) is 0. The number of aryl methyl sites for hydroxylation is 2. The van der Waals surface area contributed by atoms with Crippen LogP contribution in [0.3, 0.4) is 0 Å². The molecule has 1 aromatic carbocycles. The number of hydrogen-bond donors (Lipinski definition) is 1. The summed E-state index contributed by atoms with van der Waals surface area (Å²) in [6, 6.07) is 6.00. The average Bonchev–Trinajstić information content (AvgIpc) is 2.66. The molecule has 0 saturated carbocycles. The number of aromatic nitrogens is 1. The van der Waals surface area contributed by atoms with Crippen LogP contribution in [0.1, 0.15) is 30.0 Å². The Kier molecular flexibility index (Phi) is 2.79. The zero-order valence-corrected chi connectivity index (χ0v) is 9.82. The van der Waals surface area contributed by atoms with Crippen LogP contribution in [0, 0.1) is 13.8 Å². The molecular formula is C13H16N2O. The molecule has 2 aromatic rings. The lowest BCUT2D eigenvalue weighted by atomic mass is 10.0. The first-order valence-corrected chi connectivity index (χ1v) is 5.37. The third-order valence-corrected chi connectivity index (χ3v) is 2.64. The number of benzene rings is 1. The van der Waals surface area contributed by atoms with E-state index in [1.54, 1.807) is 6.20 Å². The van der Waals surface area contributed by atoms with Gasteiger partial charge in [-0.25, -0.2) is 4.98 Å². The van der Waals surface area contributed by atoms with Crippen molar-refractivity contribution in [3.8, 4) is 11.3 Å². The predicted octanol–water partition coefficient (Wildman–Crippen LogP) is 2.98. The van der Waals surface area contributed by atoms with Gasteiger partial charge in [0.15, 0.2) is 5.76 Å². The molecule has 0 radical (unpaired) electrons. The van der Waals surface area contributed by atoms with Gasteiger partial charge >= 0.3 is 0 Å². The Morgan fingerprint density at radius 2 is 1.88 bits per heavy atom. The quantitative estimate of drug-likeness (QED) is 0.839. The molecule has 2 rings (SSSR count). The van der Waals surface area contributed by atoms with Gasteiger partial charge in [-0.1, -0.05) is 18.2 Å². The largest absolute Gasteiger partial charge is 0.439 e. The third-order valence-electron chi connectivity index (χ3n) is 2.64. The minimum atomic E-state index is -0.168. The zero-order valence-electron chi connectivity index (χ0n) is 9.82. The SMILES string of the molecule is Cc1cccc(C)c1-c1cnc(C(C)N)o1. The van der Waals surface area contributed by atoms with E-state index in [0.717, 1.165) is 11.3 Å². The summed E-state index contributed by atoms with van der Waals surface area (Å²) in [6.07, 6.45) is 1.74. The fraction of sp³-hybridized carbons (Fsp3) is 0.308. The van der Waals surface area contributed by atoms with Crippen molar-refractivity contribution < 1.29 is 4.42 Å². The molecule has 2 N–H and O–H groups in total. The van der Waals surface area contributed by atoms with Crippen LogP contribution in [0.25, 0.3) is 11.3 Å². The second kappa shape index (κ2) is 4.10.